The van der Waals surface area contributed by atoms with Gasteiger partial charge in [0.05, 0.1) is 0 Å². The van der Waals surface area contributed by atoms with Crippen LogP contribution in [0.5, 0.6) is 0 Å². The van der Waals surface area contributed by atoms with E-state index < -0.39 is 0 Å². The van der Waals surface area contributed by atoms with Crippen LogP contribution in [0.2, 0.25) is 0 Å². The zero-order valence-electron chi connectivity index (χ0n) is 10.3. The predicted molar refractivity (Wildman–Crippen MR) is 75.7 cm³/mol. The van der Waals surface area contributed by atoms with Gasteiger partial charge in [0.1, 0.15) is 0 Å². The molecule has 0 spiro atoms. The second kappa shape index (κ2) is 4.79. The molecule has 0 aliphatic carbocycles. The molecule has 1 aliphatic heterocycles. The first-order valence-electron chi connectivity index (χ1n) is 6.51. The van der Waals surface area contributed by atoms with E-state index in [9.17, 15) is 0 Å². The molecule has 1 N–H and O–H groups in total. The number of benzene rings is 1. The van der Waals surface area contributed by atoms with Crippen molar-refractivity contribution < 1.29 is 0 Å². The Morgan fingerprint density at radius 1 is 1.35 bits per heavy atom. The van der Waals surface area contributed by atoms with Crippen LogP contribution in [-0.2, 0) is 6.42 Å². The van der Waals surface area contributed by atoms with Crippen molar-refractivity contribution in [3.63, 3.8) is 0 Å². The van der Waals surface area contributed by atoms with Gasteiger partial charge in [0, 0.05) is 10.7 Å². The minimum absolute atomic E-state index is 0.678. The molecule has 0 bridgehead atoms. The van der Waals surface area contributed by atoms with E-state index in [1.807, 2.05) is 11.3 Å². The lowest BCUT2D eigenvalue weighted by molar-refractivity contribution is 0.319. The molecular weight excluding hydrogens is 226 g/mol. The Bertz CT molecular complexity index is 502. The maximum Gasteiger partial charge on any atom is 0.0345 e. The summed E-state index contributed by atoms with van der Waals surface area (Å²) in [4.78, 5) is 0. The van der Waals surface area contributed by atoms with Crippen LogP contribution in [0.1, 0.15) is 25.3 Å². The fourth-order valence-electron chi connectivity index (χ4n) is 2.83. The molecule has 0 saturated carbocycles. The summed E-state index contributed by atoms with van der Waals surface area (Å²) in [6.45, 7) is 3.56. The number of fused-ring (bicyclic) bond motifs is 1. The summed E-state index contributed by atoms with van der Waals surface area (Å²) in [5.41, 5.74) is 1.53. The Kier molecular flexibility index (Phi) is 3.17. The zero-order chi connectivity index (χ0) is 11.7. The van der Waals surface area contributed by atoms with Crippen molar-refractivity contribution >= 4 is 21.4 Å². The third kappa shape index (κ3) is 2.38. The summed E-state index contributed by atoms with van der Waals surface area (Å²) in [6.07, 6.45) is 3.85. The Morgan fingerprint density at radius 3 is 3.12 bits per heavy atom. The standard InChI is InChI=1S/C15H19NS/c1-11-6-7-16-13(8-11)9-12-10-17-15-5-3-2-4-14(12)15/h2-5,10-11,13,16H,6-9H2,1H3. The first kappa shape index (κ1) is 11.2. The third-order valence-electron chi connectivity index (χ3n) is 3.78. The van der Waals surface area contributed by atoms with Gasteiger partial charge in [-0.15, -0.1) is 11.3 Å². The maximum absolute atomic E-state index is 3.66. The quantitative estimate of drug-likeness (QED) is 0.848. The zero-order valence-corrected chi connectivity index (χ0v) is 11.1. The smallest absolute Gasteiger partial charge is 0.0345 e. The third-order valence-corrected chi connectivity index (χ3v) is 4.80. The summed E-state index contributed by atoms with van der Waals surface area (Å²) < 4.78 is 1.42. The van der Waals surface area contributed by atoms with Crippen LogP contribution in [-0.4, -0.2) is 12.6 Å². The highest BCUT2D eigenvalue weighted by atomic mass is 32.1. The molecule has 2 unspecified atom stereocenters. The molecule has 0 radical (unpaired) electrons. The normalized spacial score (nSPS) is 25.2. The average molecular weight is 245 g/mol. The summed E-state index contributed by atoms with van der Waals surface area (Å²) in [7, 11) is 0. The fraction of sp³-hybridized carbons (Fsp3) is 0.467. The summed E-state index contributed by atoms with van der Waals surface area (Å²) >= 11 is 1.88. The topological polar surface area (TPSA) is 12.0 Å². The van der Waals surface area contributed by atoms with Gasteiger partial charge < -0.3 is 5.32 Å². The second-order valence-corrected chi connectivity index (χ2v) is 6.15. The molecule has 90 valence electrons. The van der Waals surface area contributed by atoms with Crippen LogP contribution in [0.3, 0.4) is 0 Å². The van der Waals surface area contributed by atoms with Crippen LogP contribution in [0.4, 0.5) is 0 Å². The lowest BCUT2D eigenvalue weighted by Crippen LogP contribution is -2.38. The van der Waals surface area contributed by atoms with E-state index in [2.05, 4.69) is 41.9 Å². The number of hydrogen-bond acceptors (Lipinski definition) is 2. The van der Waals surface area contributed by atoms with E-state index in [1.54, 1.807) is 0 Å². The number of rotatable bonds is 2. The Balaban J connectivity index is 1.80. The summed E-state index contributed by atoms with van der Waals surface area (Å²) in [5.74, 6) is 0.881. The van der Waals surface area contributed by atoms with Gasteiger partial charge in [0.25, 0.3) is 0 Å². The molecule has 1 aromatic heterocycles. The molecule has 2 atom stereocenters. The number of nitrogens with one attached hydrogen (secondary N) is 1. The average Bonchev–Trinajstić information content (AvgIpc) is 2.73. The SMILES string of the molecule is CC1CCNC(Cc2csc3ccccc23)C1. The van der Waals surface area contributed by atoms with Gasteiger partial charge in [0.2, 0.25) is 0 Å². The molecule has 2 heteroatoms. The molecule has 1 nitrogen and oxygen atoms in total. The number of hydrogen-bond donors (Lipinski definition) is 1. The molecule has 17 heavy (non-hydrogen) atoms. The Labute approximate surface area is 107 Å². The largest absolute Gasteiger partial charge is 0.314 e. The van der Waals surface area contributed by atoms with Gasteiger partial charge in [-0.1, -0.05) is 25.1 Å². The van der Waals surface area contributed by atoms with Gasteiger partial charge in [0.15, 0.2) is 0 Å². The number of thiophene rings is 1. The summed E-state index contributed by atoms with van der Waals surface area (Å²) in [5, 5.41) is 7.45. The van der Waals surface area contributed by atoms with Gasteiger partial charge in [-0.25, -0.2) is 0 Å². The minimum Gasteiger partial charge on any atom is -0.314 e. The first-order chi connectivity index (χ1) is 8.33. The highest BCUT2D eigenvalue weighted by molar-refractivity contribution is 7.17. The summed E-state index contributed by atoms with van der Waals surface area (Å²) in [6, 6.07) is 9.43. The minimum atomic E-state index is 0.678. The van der Waals surface area contributed by atoms with E-state index in [0.717, 1.165) is 5.92 Å². The highest BCUT2D eigenvalue weighted by Gasteiger charge is 2.19. The molecule has 2 aromatic rings. The van der Waals surface area contributed by atoms with Gasteiger partial charge in [-0.05, 0) is 54.1 Å². The Morgan fingerprint density at radius 2 is 2.24 bits per heavy atom. The molecule has 1 fully saturated rings. The van der Waals surface area contributed by atoms with Crippen molar-refractivity contribution in [2.45, 2.75) is 32.2 Å². The highest BCUT2D eigenvalue weighted by Crippen LogP contribution is 2.28. The van der Waals surface area contributed by atoms with Crippen molar-refractivity contribution in [2.75, 3.05) is 6.54 Å². The molecule has 1 saturated heterocycles. The lowest BCUT2D eigenvalue weighted by Gasteiger charge is -2.28. The van der Waals surface area contributed by atoms with Gasteiger partial charge in [-0.3, -0.25) is 0 Å². The van der Waals surface area contributed by atoms with Crippen molar-refractivity contribution in [1.82, 2.24) is 5.32 Å². The second-order valence-electron chi connectivity index (χ2n) is 5.24. The molecule has 3 rings (SSSR count). The molecule has 1 aromatic carbocycles. The van der Waals surface area contributed by atoms with E-state index in [0.29, 0.717) is 6.04 Å². The predicted octanol–water partition coefficient (Wildman–Crippen LogP) is 3.83. The monoisotopic (exact) mass is 245 g/mol. The van der Waals surface area contributed by atoms with Crippen molar-refractivity contribution in [3.05, 3.63) is 35.2 Å². The first-order valence-corrected chi connectivity index (χ1v) is 7.39. The van der Waals surface area contributed by atoms with E-state index >= 15 is 0 Å². The van der Waals surface area contributed by atoms with Crippen LogP contribution in [0, 0.1) is 5.92 Å². The van der Waals surface area contributed by atoms with Gasteiger partial charge in [-0.2, -0.15) is 0 Å². The Hall–Kier alpha value is -0.860. The van der Waals surface area contributed by atoms with Crippen LogP contribution >= 0.6 is 11.3 Å². The molecule has 0 amide bonds. The molecular formula is C15H19NS. The van der Waals surface area contributed by atoms with Crippen molar-refractivity contribution in [3.8, 4) is 0 Å². The van der Waals surface area contributed by atoms with Crippen LogP contribution in [0.25, 0.3) is 10.1 Å². The van der Waals surface area contributed by atoms with E-state index in [-0.39, 0.29) is 0 Å². The maximum atomic E-state index is 3.66. The number of piperidine rings is 1. The lowest BCUT2D eigenvalue weighted by atomic mass is 9.90. The van der Waals surface area contributed by atoms with Crippen molar-refractivity contribution in [1.29, 1.82) is 0 Å². The fourth-order valence-corrected chi connectivity index (χ4v) is 3.81. The molecule has 2 heterocycles. The van der Waals surface area contributed by atoms with Crippen molar-refractivity contribution in [2.24, 2.45) is 5.92 Å². The van der Waals surface area contributed by atoms with E-state index in [1.165, 1.54) is 41.5 Å². The van der Waals surface area contributed by atoms with Crippen LogP contribution in [0.15, 0.2) is 29.6 Å². The van der Waals surface area contributed by atoms with E-state index in [4.69, 9.17) is 0 Å². The van der Waals surface area contributed by atoms with Gasteiger partial charge >= 0.3 is 0 Å². The molecule has 1 aliphatic rings. The van der Waals surface area contributed by atoms with Crippen LogP contribution < -0.4 is 5.32 Å².